The monoisotopic (exact) mass is 367 g/mol. The lowest BCUT2D eigenvalue weighted by molar-refractivity contribution is 0.767. The number of rotatable bonds is 6. The minimum Gasteiger partial charge on any atom is -0.352 e. The Morgan fingerprint density at radius 3 is 2.30 bits per heavy atom. The molecule has 0 aliphatic heterocycles. The fourth-order valence-electron chi connectivity index (χ4n) is 2.44. The van der Waals surface area contributed by atoms with E-state index in [-0.39, 0.29) is 0 Å². The molecule has 0 aliphatic rings. The number of aromatic nitrogens is 2. The van der Waals surface area contributed by atoms with Gasteiger partial charge in [0.15, 0.2) is 0 Å². The molecule has 4 heteroatoms. The van der Waals surface area contributed by atoms with E-state index in [1.54, 1.807) is 0 Å². The van der Waals surface area contributed by atoms with E-state index in [0.717, 1.165) is 29.8 Å². The molecule has 0 fully saturated rings. The van der Waals surface area contributed by atoms with E-state index in [9.17, 15) is 0 Å². The van der Waals surface area contributed by atoms with Gasteiger partial charge in [0, 0.05) is 36.2 Å². The van der Waals surface area contributed by atoms with Crippen LogP contribution in [0.5, 0.6) is 0 Å². The van der Waals surface area contributed by atoms with Gasteiger partial charge in [-0.3, -0.25) is 4.98 Å². The van der Waals surface area contributed by atoms with Crippen molar-refractivity contribution in [2.75, 3.05) is 11.4 Å². The van der Waals surface area contributed by atoms with E-state index in [0.29, 0.717) is 0 Å². The van der Waals surface area contributed by atoms with Crippen LogP contribution in [-0.4, -0.2) is 16.5 Å². The van der Waals surface area contributed by atoms with Gasteiger partial charge in [-0.25, -0.2) is 4.98 Å². The Balaban J connectivity index is 1.74. The number of hydrogen-bond acceptors (Lipinski definition) is 3. The molecular formula is C19H18BrN3. The minimum absolute atomic E-state index is 0.829. The van der Waals surface area contributed by atoms with Crippen LogP contribution in [-0.2, 0) is 13.0 Å². The molecule has 0 atom stereocenters. The predicted molar refractivity (Wildman–Crippen MR) is 97.4 cm³/mol. The van der Waals surface area contributed by atoms with Crippen molar-refractivity contribution in [3.8, 4) is 0 Å². The molecule has 116 valence electrons. The molecule has 3 nitrogen and oxygen atoms in total. The number of hydrogen-bond donors (Lipinski definition) is 0. The summed E-state index contributed by atoms with van der Waals surface area (Å²) in [6.45, 7) is 1.75. The third kappa shape index (κ3) is 4.63. The number of anilines is 1. The summed E-state index contributed by atoms with van der Waals surface area (Å²) in [5, 5.41) is 0. The summed E-state index contributed by atoms with van der Waals surface area (Å²) in [7, 11) is 0. The summed E-state index contributed by atoms with van der Waals surface area (Å²) in [5.41, 5.74) is 2.56. The van der Waals surface area contributed by atoms with Gasteiger partial charge in [0.25, 0.3) is 0 Å². The average Bonchev–Trinajstić information content (AvgIpc) is 2.61. The maximum absolute atomic E-state index is 4.50. The molecule has 1 aromatic carbocycles. The molecule has 2 aromatic heterocycles. The van der Waals surface area contributed by atoms with Crippen molar-refractivity contribution in [3.63, 3.8) is 0 Å². The topological polar surface area (TPSA) is 29.0 Å². The molecule has 0 radical (unpaired) electrons. The van der Waals surface area contributed by atoms with Crippen LogP contribution < -0.4 is 4.90 Å². The van der Waals surface area contributed by atoms with Gasteiger partial charge >= 0.3 is 0 Å². The first-order valence-corrected chi connectivity index (χ1v) is 8.40. The van der Waals surface area contributed by atoms with Gasteiger partial charge in [0.2, 0.25) is 0 Å². The number of pyridine rings is 2. The first-order valence-electron chi connectivity index (χ1n) is 7.60. The summed E-state index contributed by atoms with van der Waals surface area (Å²) in [6.07, 6.45) is 6.49. The van der Waals surface area contributed by atoms with Gasteiger partial charge in [-0.2, -0.15) is 0 Å². The molecule has 3 rings (SSSR count). The predicted octanol–water partition coefficient (Wildman–Crippen LogP) is 4.49. The van der Waals surface area contributed by atoms with Gasteiger partial charge in [-0.05, 0) is 53.9 Å². The summed E-state index contributed by atoms with van der Waals surface area (Å²) in [4.78, 5) is 10.9. The van der Waals surface area contributed by atoms with Crippen molar-refractivity contribution in [1.82, 2.24) is 9.97 Å². The molecule has 0 bridgehead atoms. The van der Waals surface area contributed by atoms with Crippen LogP contribution in [0.1, 0.15) is 11.1 Å². The zero-order valence-electron chi connectivity index (χ0n) is 12.8. The van der Waals surface area contributed by atoms with E-state index >= 15 is 0 Å². The van der Waals surface area contributed by atoms with E-state index in [1.807, 2.05) is 30.7 Å². The van der Waals surface area contributed by atoms with Gasteiger partial charge in [0.1, 0.15) is 5.82 Å². The second kappa shape index (κ2) is 7.88. The van der Waals surface area contributed by atoms with E-state index in [1.165, 1.54) is 11.1 Å². The average molecular weight is 368 g/mol. The van der Waals surface area contributed by atoms with Gasteiger partial charge < -0.3 is 4.90 Å². The molecule has 0 unspecified atom stereocenters. The second-order valence-electron chi connectivity index (χ2n) is 5.34. The van der Waals surface area contributed by atoms with E-state index < -0.39 is 0 Å². The maximum atomic E-state index is 4.50. The normalized spacial score (nSPS) is 10.5. The fourth-order valence-corrected chi connectivity index (χ4v) is 2.70. The molecule has 0 saturated heterocycles. The Morgan fingerprint density at radius 2 is 1.61 bits per heavy atom. The third-order valence-corrected chi connectivity index (χ3v) is 4.21. The highest BCUT2D eigenvalue weighted by molar-refractivity contribution is 9.10. The second-order valence-corrected chi connectivity index (χ2v) is 6.26. The lowest BCUT2D eigenvalue weighted by Crippen LogP contribution is -2.26. The molecular weight excluding hydrogens is 350 g/mol. The molecule has 0 saturated carbocycles. The molecule has 0 amide bonds. The van der Waals surface area contributed by atoms with Gasteiger partial charge in [-0.1, -0.05) is 34.1 Å². The first-order chi connectivity index (χ1) is 11.3. The summed E-state index contributed by atoms with van der Waals surface area (Å²) in [5.74, 6) is 1.00. The number of nitrogens with zero attached hydrogens (tertiary/aromatic N) is 3. The Morgan fingerprint density at radius 1 is 0.826 bits per heavy atom. The fraction of sp³-hybridized carbons (Fsp3) is 0.158. The smallest absolute Gasteiger partial charge is 0.128 e. The molecule has 0 spiro atoms. The van der Waals surface area contributed by atoms with Crippen molar-refractivity contribution in [2.45, 2.75) is 13.0 Å². The zero-order valence-corrected chi connectivity index (χ0v) is 14.4. The largest absolute Gasteiger partial charge is 0.352 e. The van der Waals surface area contributed by atoms with Crippen LogP contribution in [0.15, 0.2) is 77.7 Å². The van der Waals surface area contributed by atoms with Crippen LogP contribution in [0.4, 0.5) is 5.82 Å². The zero-order chi connectivity index (χ0) is 15.9. The quantitative estimate of drug-likeness (QED) is 0.642. The van der Waals surface area contributed by atoms with Crippen LogP contribution in [0.25, 0.3) is 0 Å². The Bertz CT molecular complexity index is 715. The summed E-state index contributed by atoms with van der Waals surface area (Å²) < 4.78 is 1.11. The van der Waals surface area contributed by atoms with E-state index in [4.69, 9.17) is 0 Å². The van der Waals surface area contributed by atoms with Gasteiger partial charge in [-0.15, -0.1) is 0 Å². The Hall–Kier alpha value is -2.20. The van der Waals surface area contributed by atoms with Crippen molar-refractivity contribution >= 4 is 21.7 Å². The van der Waals surface area contributed by atoms with Crippen molar-refractivity contribution < 1.29 is 0 Å². The standard InChI is InChI=1S/C19H18BrN3/c20-18-6-4-16(5-7-18)10-14-23(19-3-1-2-11-22-19)15-17-8-12-21-13-9-17/h1-9,11-13H,10,14-15H2. The van der Waals surface area contributed by atoms with Crippen LogP contribution in [0.3, 0.4) is 0 Å². The molecule has 0 aliphatic carbocycles. The lowest BCUT2D eigenvalue weighted by atomic mass is 10.1. The number of halogens is 1. The van der Waals surface area contributed by atoms with Crippen LogP contribution >= 0.6 is 15.9 Å². The maximum Gasteiger partial charge on any atom is 0.128 e. The Labute approximate surface area is 145 Å². The van der Waals surface area contributed by atoms with Gasteiger partial charge in [0.05, 0.1) is 0 Å². The van der Waals surface area contributed by atoms with Crippen LogP contribution in [0.2, 0.25) is 0 Å². The molecule has 23 heavy (non-hydrogen) atoms. The molecule has 0 N–H and O–H groups in total. The number of benzene rings is 1. The highest BCUT2D eigenvalue weighted by Crippen LogP contribution is 2.16. The summed E-state index contributed by atoms with van der Waals surface area (Å²) in [6, 6.07) is 18.6. The molecule has 3 aromatic rings. The van der Waals surface area contributed by atoms with Crippen molar-refractivity contribution in [3.05, 3.63) is 88.8 Å². The van der Waals surface area contributed by atoms with Crippen LogP contribution in [0, 0.1) is 0 Å². The van der Waals surface area contributed by atoms with E-state index in [2.05, 4.69) is 73.3 Å². The molecule has 2 heterocycles. The van der Waals surface area contributed by atoms with Crippen molar-refractivity contribution in [2.24, 2.45) is 0 Å². The first kappa shape index (κ1) is 15.7. The van der Waals surface area contributed by atoms with Crippen molar-refractivity contribution in [1.29, 1.82) is 0 Å². The Kier molecular flexibility index (Phi) is 5.37. The lowest BCUT2D eigenvalue weighted by Gasteiger charge is -2.24. The highest BCUT2D eigenvalue weighted by atomic mass is 79.9. The third-order valence-electron chi connectivity index (χ3n) is 3.68. The minimum atomic E-state index is 0.829. The SMILES string of the molecule is Brc1ccc(CCN(Cc2ccncc2)c2ccccn2)cc1. The summed E-state index contributed by atoms with van der Waals surface area (Å²) >= 11 is 3.48. The highest BCUT2D eigenvalue weighted by Gasteiger charge is 2.08.